The summed E-state index contributed by atoms with van der Waals surface area (Å²) >= 11 is 0. The smallest absolute Gasteiger partial charge is 0.331 e. The molecule has 0 unspecified atom stereocenters. The Labute approximate surface area is 346 Å². The van der Waals surface area contributed by atoms with Gasteiger partial charge in [0.1, 0.15) is 11.8 Å². The molecule has 3 aromatic heterocycles. The van der Waals surface area contributed by atoms with Gasteiger partial charge in [0.05, 0.1) is 41.2 Å². The average Bonchev–Trinajstić information content (AvgIpc) is 3.94. The number of aromatic amines is 1. The molecule has 9 rings (SSSR count). The number of ether oxygens (including phenoxy) is 1. The number of H-pyrrole nitrogens is 1. The van der Waals surface area contributed by atoms with E-state index >= 15 is 0 Å². The zero-order valence-electron chi connectivity index (χ0n) is 33.8. The van der Waals surface area contributed by atoms with Gasteiger partial charge in [-0.05, 0) is 81.5 Å². The third kappa shape index (κ3) is 8.05. The predicted molar refractivity (Wildman–Crippen MR) is 226 cm³/mol. The van der Waals surface area contributed by atoms with Crippen LogP contribution in [0.15, 0.2) is 59.9 Å². The minimum Gasteiger partial charge on any atom is -0.496 e. The summed E-state index contributed by atoms with van der Waals surface area (Å²) in [4.78, 5) is 76.8. The van der Waals surface area contributed by atoms with Gasteiger partial charge in [0.2, 0.25) is 11.8 Å². The number of methoxy groups -OCH3 is 1. The van der Waals surface area contributed by atoms with E-state index in [0.29, 0.717) is 28.4 Å². The Morgan fingerprint density at radius 1 is 0.883 bits per heavy atom. The molecule has 17 nitrogen and oxygen atoms in total. The van der Waals surface area contributed by atoms with Crippen molar-refractivity contribution in [3.05, 3.63) is 76.7 Å². The summed E-state index contributed by atoms with van der Waals surface area (Å²) in [6.07, 6.45) is 14.6. The first kappa shape index (κ1) is 39.2. The molecule has 0 radical (unpaired) electrons. The second kappa shape index (κ2) is 16.8. The molecule has 5 aromatic rings. The predicted octanol–water partition coefficient (Wildman–Crippen LogP) is 3.71. The minimum atomic E-state index is -0.753. The van der Waals surface area contributed by atoms with E-state index < -0.39 is 17.9 Å². The van der Waals surface area contributed by atoms with Gasteiger partial charge >= 0.3 is 5.69 Å². The van der Waals surface area contributed by atoms with Crippen LogP contribution in [0.25, 0.3) is 16.6 Å². The number of aromatic nitrogens is 5. The quantitative estimate of drug-likeness (QED) is 0.150. The van der Waals surface area contributed by atoms with Crippen molar-refractivity contribution in [2.24, 2.45) is 5.92 Å². The molecule has 7 heterocycles. The van der Waals surface area contributed by atoms with Crippen LogP contribution in [0.3, 0.4) is 0 Å². The van der Waals surface area contributed by atoms with Gasteiger partial charge in [-0.1, -0.05) is 0 Å². The number of hydrogen-bond acceptors (Lipinski definition) is 11. The molecule has 17 heteroatoms. The van der Waals surface area contributed by atoms with Gasteiger partial charge in [0, 0.05) is 94.2 Å². The highest BCUT2D eigenvalue weighted by Crippen LogP contribution is 2.35. The minimum absolute atomic E-state index is 0.190. The largest absolute Gasteiger partial charge is 0.496 e. The number of piperidine rings is 4. The van der Waals surface area contributed by atoms with Gasteiger partial charge in [-0.15, -0.1) is 0 Å². The number of amides is 4. The Hall–Kier alpha value is -6.23. The van der Waals surface area contributed by atoms with Gasteiger partial charge in [-0.25, -0.2) is 9.78 Å². The summed E-state index contributed by atoms with van der Waals surface area (Å²) in [7, 11) is 1.54. The van der Waals surface area contributed by atoms with E-state index in [9.17, 15) is 24.0 Å². The number of imidazole rings is 1. The molecule has 4 aliphatic heterocycles. The molecule has 1 atom stereocenters. The van der Waals surface area contributed by atoms with Gasteiger partial charge in [0.25, 0.3) is 11.8 Å². The number of rotatable bonds is 10. The lowest BCUT2D eigenvalue weighted by atomic mass is 9.94. The Balaban J connectivity index is 0.805. The topological polar surface area (TPSA) is 191 Å². The summed E-state index contributed by atoms with van der Waals surface area (Å²) in [5, 5.41) is 14.2. The van der Waals surface area contributed by atoms with Crippen molar-refractivity contribution < 1.29 is 23.9 Å². The molecular weight excluding hydrogens is 767 g/mol. The van der Waals surface area contributed by atoms with Crippen LogP contribution in [-0.2, 0) is 9.59 Å². The lowest BCUT2D eigenvalue weighted by Crippen LogP contribution is -2.52. The van der Waals surface area contributed by atoms with E-state index in [-0.39, 0.29) is 36.4 Å². The van der Waals surface area contributed by atoms with E-state index in [1.807, 2.05) is 18.2 Å². The van der Waals surface area contributed by atoms with E-state index in [1.165, 1.54) is 30.3 Å². The van der Waals surface area contributed by atoms with Crippen LogP contribution in [0.4, 0.5) is 17.1 Å². The maximum Gasteiger partial charge on any atom is 0.331 e. The second-order valence-corrected chi connectivity index (χ2v) is 16.5. The first-order chi connectivity index (χ1) is 29.2. The fourth-order valence-corrected chi connectivity index (χ4v) is 9.29. The van der Waals surface area contributed by atoms with Gasteiger partial charge in [-0.3, -0.25) is 33.6 Å². The monoisotopic (exact) mass is 817 g/mol. The molecule has 0 spiro atoms. The standard InChI is InChI=1S/C43H51N11O6/c1-60-37-22-30(5-6-31(37)40(56)46-33-7-8-38(55)48-42(33)58)51-18-9-27(10-19-51)25-50-16-11-29(12-17-50)54-26-28-21-35(36(23-34(28)49-54)52-14-3-2-4-15-52)47-41(57)32-24-45-43(59)53-20-13-44-39(32)53/h5-6,13,20-24,26-27,29,33H,2-4,7-12,14-19,25H2,1H3,(H,45,59)(H,46,56)(H,47,57)(H,48,55,58)/t33-/m0/s1. The summed E-state index contributed by atoms with van der Waals surface area (Å²) < 4.78 is 9.06. The number of imide groups is 1. The van der Waals surface area contributed by atoms with Crippen LogP contribution in [0.5, 0.6) is 5.75 Å². The number of fused-ring (bicyclic) bond motifs is 2. The van der Waals surface area contributed by atoms with Gasteiger partial charge in [0.15, 0.2) is 5.65 Å². The third-order valence-corrected chi connectivity index (χ3v) is 12.7. The third-order valence-electron chi connectivity index (χ3n) is 12.7. The number of anilines is 3. The Morgan fingerprint density at radius 2 is 1.68 bits per heavy atom. The second-order valence-electron chi connectivity index (χ2n) is 16.5. The fraction of sp³-hybridized carbons (Fsp3) is 0.465. The van der Waals surface area contributed by atoms with Crippen LogP contribution >= 0.6 is 0 Å². The molecule has 4 N–H and O–H groups in total. The number of nitrogens with zero attached hydrogens (tertiary/aromatic N) is 7. The summed E-state index contributed by atoms with van der Waals surface area (Å²) in [5.41, 5.74) is 4.18. The first-order valence-corrected chi connectivity index (χ1v) is 21.1. The molecule has 314 valence electrons. The van der Waals surface area contributed by atoms with Crippen molar-refractivity contribution >= 4 is 57.2 Å². The van der Waals surface area contributed by atoms with E-state index in [1.54, 1.807) is 12.3 Å². The summed E-state index contributed by atoms with van der Waals surface area (Å²) in [6, 6.07) is 9.24. The Morgan fingerprint density at radius 3 is 2.45 bits per heavy atom. The Kier molecular flexibility index (Phi) is 11.0. The lowest BCUT2D eigenvalue weighted by Gasteiger charge is -2.38. The van der Waals surface area contributed by atoms with Crippen LogP contribution in [0.2, 0.25) is 0 Å². The zero-order chi connectivity index (χ0) is 41.3. The molecule has 4 fully saturated rings. The number of likely N-dealkylation sites (tertiary alicyclic amines) is 1. The highest BCUT2D eigenvalue weighted by atomic mass is 16.5. The maximum atomic E-state index is 13.7. The molecule has 60 heavy (non-hydrogen) atoms. The Bertz CT molecular complexity index is 2490. The van der Waals surface area contributed by atoms with Crippen LogP contribution in [-0.4, -0.2) is 112 Å². The van der Waals surface area contributed by atoms with Crippen molar-refractivity contribution in [1.82, 2.24) is 39.7 Å². The first-order valence-electron chi connectivity index (χ1n) is 21.1. The molecule has 0 saturated carbocycles. The van der Waals surface area contributed by atoms with Crippen molar-refractivity contribution in [3.63, 3.8) is 0 Å². The molecule has 2 aromatic carbocycles. The molecule has 0 bridgehead atoms. The number of carbonyl (C=O) groups is 4. The molecule has 4 amide bonds. The summed E-state index contributed by atoms with van der Waals surface area (Å²) in [5.74, 6) is -0.523. The molecule has 0 aliphatic carbocycles. The van der Waals surface area contributed by atoms with Gasteiger partial charge < -0.3 is 35.1 Å². The highest BCUT2D eigenvalue weighted by molar-refractivity contribution is 6.10. The SMILES string of the molecule is COc1cc(N2CCC(CN3CCC(n4cc5cc(NC(=O)c6c[nH]c(=O)n7ccnc67)c(N6CCCCC6)cc5n4)CC3)CC2)ccc1C(=O)N[C@H]1CCC(=O)NC1=O. The van der Waals surface area contributed by atoms with Crippen LogP contribution in [0.1, 0.15) is 84.5 Å². The van der Waals surface area contributed by atoms with Crippen molar-refractivity contribution in [1.29, 1.82) is 0 Å². The average molecular weight is 818 g/mol. The number of nitrogens with one attached hydrogen (secondary N) is 4. The number of hydrogen-bond donors (Lipinski definition) is 4. The number of benzene rings is 2. The molecule has 4 saturated heterocycles. The number of carbonyl (C=O) groups excluding carboxylic acids is 4. The molecule has 4 aliphatic rings. The van der Waals surface area contributed by atoms with Crippen LogP contribution < -0.4 is 36.2 Å². The van der Waals surface area contributed by atoms with E-state index in [2.05, 4.69) is 57.6 Å². The van der Waals surface area contributed by atoms with E-state index in [4.69, 9.17) is 9.84 Å². The maximum absolute atomic E-state index is 13.7. The highest BCUT2D eigenvalue weighted by Gasteiger charge is 2.30. The van der Waals surface area contributed by atoms with Gasteiger partial charge in [-0.2, -0.15) is 5.10 Å². The van der Waals surface area contributed by atoms with E-state index in [0.717, 1.165) is 112 Å². The zero-order valence-corrected chi connectivity index (χ0v) is 33.8. The molecular formula is C43H51N11O6. The van der Waals surface area contributed by atoms with Crippen molar-refractivity contribution in [2.75, 3.05) is 68.0 Å². The normalized spacial score (nSPS) is 19.8. The van der Waals surface area contributed by atoms with Crippen molar-refractivity contribution in [2.45, 2.75) is 69.9 Å². The van der Waals surface area contributed by atoms with Crippen molar-refractivity contribution in [3.8, 4) is 5.75 Å². The van der Waals surface area contributed by atoms with Crippen LogP contribution in [0, 0.1) is 5.92 Å². The fourth-order valence-electron chi connectivity index (χ4n) is 9.29. The lowest BCUT2D eigenvalue weighted by molar-refractivity contribution is -0.134. The summed E-state index contributed by atoms with van der Waals surface area (Å²) in [6.45, 7) is 6.71.